The molecule has 0 aliphatic carbocycles. The molecule has 2 unspecified atom stereocenters. The fourth-order valence-corrected chi connectivity index (χ4v) is 9.95. The minimum atomic E-state index is -4.28. The molecule has 0 fully saturated rings. The van der Waals surface area contributed by atoms with Crippen molar-refractivity contribution < 1.29 is 32.8 Å². The van der Waals surface area contributed by atoms with E-state index in [1.807, 2.05) is 0 Å². The number of hydrogen-bond acceptors (Lipinski definition) is 7. The van der Waals surface area contributed by atoms with E-state index in [1.54, 1.807) is 0 Å². The van der Waals surface area contributed by atoms with Crippen molar-refractivity contribution in [2.24, 2.45) is 5.73 Å². The normalized spacial score (nSPS) is 13.1. The van der Waals surface area contributed by atoms with E-state index >= 15 is 0 Å². The molecule has 0 amide bonds. The fraction of sp³-hybridized carbons (Fsp3) is 0.982. The van der Waals surface area contributed by atoms with E-state index in [0.29, 0.717) is 13.0 Å². The number of carbonyl (C=O) groups excluding carboxylic acids is 1. The molecule has 0 heterocycles. The van der Waals surface area contributed by atoms with Gasteiger partial charge in [0.05, 0.1) is 19.8 Å². The first-order valence-electron chi connectivity index (χ1n) is 29.5. The molecule has 0 aromatic carbocycles. The minimum Gasteiger partial charge on any atom is -0.457 e. The number of ether oxygens (including phenoxy) is 2. The van der Waals surface area contributed by atoms with Crippen LogP contribution in [-0.2, 0) is 27.9 Å². The summed E-state index contributed by atoms with van der Waals surface area (Å²) in [4.78, 5) is 22.7. The van der Waals surface area contributed by atoms with Crippen LogP contribution in [0.25, 0.3) is 0 Å². The zero-order valence-electron chi connectivity index (χ0n) is 44.5. The molecule has 0 rings (SSSR count). The van der Waals surface area contributed by atoms with Crippen molar-refractivity contribution in [1.82, 2.24) is 0 Å². The predicted octanol–water partition coefficient (Wildman–Crippen LogP) is 18.8. The Bertz CT molecular complexity index is 986. The molecule has 0 aliphatic rings. The Kier molecular flexibility index (Phi) is 55.0. The van der Waals surface area contributed by atoms with Gasteiger partial charge in [-0.15, -0.1) is 0 Å². The maximum absolute atomic E-state index is 12.7. The lowest BCUT2D eigenvalue weighted by atomic mass is 10.0. The first-order valence-corrected chi connectivity index (χ1v) is 31.0. The van der Waals surface area contributed by atoms with Crippen LogP contribution in [0, 0.1) is 0 Å². The van der Waals surface area contributed by atoms with Gasteiger partial charge in [-0.1, -0.05) is 303 Å². The van der Waals surface area contributed by atoms with Crippen LogP contribution in [0.4, 0.5) is 0 Å². The van der Waals surface area contributed by atoms with E-state index in [9.17, 15) is 14.3 Å². The van der Waals surface area contributed by atoms with E-state index < -0.39 is 13.9 Å². The lowest BCUT2D eigenvalue weighted by molar-refractivity contribution is -0.154. The largest absolute Gasteiger partial charge is 0.472 e. The Balaban J connectivity index is 3.80. The number of carbonyl (C=O) groups is 1. The van der Waals surface area contributed by atoms with Gasteiger partial charge < -0.3 is 20.1 Å². The SMILES string of the molecule is CCCCCCCCCCCCCCCCCCCCCCCCCCOCC(COP(=O)(O)OCCN)OC(=O)CCCCCCCCCCCCCCCCCCCCCCCCC. The molecule has 2 atom stereocenters. The van der Waals surface area contributed by atoms with Gasteiger partial charge in [0.15, 0.2) is 0 Å². The summed E-state index contributed by atoms with van der Waals surface area (Å²) < 4.78 is 33.7. The van der Waals surface area contributed by atoms with Crippen molar-refractivity contribution in [3.8, 4) is 0 Å². The van der Waals surface area contributed by atoms with Crippen LogP contribution >= 0.6 is 7.82 Å². The quantitative estimate of drug-likeness (QED) is 0.0352. The van der Waals surface area contributed by atoms with Gasteiger partial charge >= 0.3 is 13.8 Å². The second-order valence-corrected chi connectivity index (χ2v) is 21.7. The highest BCUT2D eigenvalue weighted by Crippen LogP contribution is 2.43. The Labute approximate surface area is 411 Å². The number of phosphoric ester groups is 1. The van der Waals surface area contributed by atoms with E-state index in [0.717, 1.165) is 32.1 Å². The van der Waals surface area contributed by atoms with E-state index in [1.165, 1.54) is 270 Å². The molecule has 0 saturated heterocycles. The van der Waals surface area contributed by atoms with Crippen molar-refractivity contribution in [3.63, 3.8) is 0 Å². The van der Waals surface area contributed by atoms with Gasteiger partial charge in [-0.2, -0.15) is 0 Å². The predicted molar refractivity (Wildman–Crippen MR) is 284 cm³/mol. The molecular weight excluding hydrogens is 842 g/mol. The Morgan fingerprint density at radius 1 is 0.394 bits per heavy atom. The smallest absolute Gasteiger partial charge is 0.457 e. The average Bonchev–Trinajstić information content (AvgIpc) is 3.31. The highest BCUT2D eigenvalue weighted by Gasteiger charge is 2.25. The van der Waals surface area contributed by atoms with Crippen LogP contribution in [0.2, 0.25) is 0 Å². The van der Waals surface area contributed by atoms with Gasteiger partial charge in [0.2, 0.25) is 0 Å². The van der Waals surface area contributed by atoms with E-state index in [-0.39, 0.29) is 32.3 Å². The van der Waals surface area contributed by atoms with E-state index in [2.05, 4.69) is 13.8 Å². The molecule has 0 radical (unpaired) electrons. The summed E-state index contributed by atoms with van der Waals surface area (Å²) in [5.41, 5.74) is 5.41. The number of esters is 1. The van der Waals surface area contributed by atoms with Gasteiger partial charge in [-0.25, -0.2) is 4.57 Å². The third-order valence-corrected chi connectivity index (χ3v) is 14.5. The van der Waals surface area contributed by atoms with Crippen molar-refractivity contribution >= 4 is 13.8 Å². The summed E-state index contributed by atoms with van der Waals surface area (Å²) in [5.74, 6) is -0.318. The molecule has 0 aromatic rings. The molecule has 0 aliphatic heterocycles. The first kappa shape index (κ1) is 65.5. The van der Waals surface area contributed by atoms with Crippen molar-refractivity contribution in [1.29, 1.82) is 0 Å². The number of rotatable bonds is 58. The van der Waals surface area contributed by atoms with Crippen LogP contribution in [0.3, 0.4) is 0 Å². The van der Waals surface area contributed by atoms with Gasteiger partial charge in [0.25, 0.3) is 0 Å². The maximum Gasteiger partial charge on any atom is 0.472 e. The molecule has 0 spiro atoms. The highest BCUT2D eigenvalue weighted by atomic mass is 31.2. The highest BCUT2D eigenvalue weighted by molar-refractivity contribution is 7.47. The Morgan fingerprint density at radius 2 is 0.667 bits per heavy atom. The lowest BCUT2D eigenvalue weighted by Crippen LogP contribution is -2.28. The zero-order valence-corrected chi connectivity index (χ0v) is 45.4. The maximum atomic E-state index is 12.7. The van der Waals surface area contributed by atoms with Gasteiger partial charge in [0, 0.05) is 19.6 Å². The number of phosphoric acid groups is 1. The van der Waals surface area contributed by atoms with Crippen molar-refractivity contribution in [2.45, 2.75) is 328 Å². The summed E-state index contributed by atoms with van der Waals surface area (Å²) >= 11 is 0. The summed E-state index contributed by atoms with van der Waals surface area (Å²) in [5, 5.41) is 0. The third kappa shape index (κ3) is 54.4. The summed E-state index contributed by atoms with van der Waals surface area (Å²) in [7, 11) is -4.28. The minimum absolute atomic E-state index is 0.0895. The van der Waals surface area contributed by atoms with Gasteiger partial charge in [-0.05, 0) is 12.8 Å². The van der Waals surface area contributed by atoms with Crippen molar-refractivity contribution in [2.75, 3.05) is 33.0 Å². The Hall–Kier alpha value is -0.500. The first-order chi connectivity index (χ1) is 32.4. The van der Waals surface area contributed by atoms with Crippen molar-refractivity contribution in [3.05, 3.63) is 0 Å². The molecule has 8 nitrogen and oxygen atoms in total. The second-order valence-electron chi connectivity index (χ2n) is 20.2. The molecule has 0 saturated carbocycles. The molecule has 3 N–H and O–H groups in total. The topological polar surface area (TPSA) is 117 Å². The van der Waals surface area contributed by atoms with Crippen LogP contribution in [0.5, 0.6) is 0 Å². The average molecular weight is 959 g/mol. The van der Waals surface area contributed by atoms with Crippen LogP contribution < -0.4 is 5.73 Å². The zero-order chi connectivity index (χ0) is 48.0. The third-order valence-electron chi connectivity index (χ3n) is 13.5. The van der Waals surface area contributed by atoms with Gasteiger partial charge in [0.1, 0.15) is 6.10 Å². The number of hydrogen-bond donors (Lipinski definition) is 2. The van der Waals surface area contributed by atoms with Gasteiger partial charge in [-0.3, -0.25) is 13.8 Å². The fourth-order valence-electron chi connectivity index (χ4n) is 9.18. The van der Waals surface area contributed by atoms with E-state index in [4.69, 9.17) is 24.3 Å². The molecular formula is C57H116NO7P. The molecule has 0 aromatic heterocycles. The second kappa shape index (κ2) is 55.4. The summed E-state index contributed by atoms with van der Waals surface area (Å²) in [6.07, 6.45) is 63.1. The molecule has 0 bridgehead atoms. The standard InChI is InChI=1S/C57H116NO7P/c1-3-5-7-9-11-13-15-17-19-21-23-25-27-29-31-33-35-37-39-41-43-45-47-49-52-62-54-56(55-64-66(60,61)63-53-51-58)65-57(59)50-48-46-44-42-40-38-36-34-32-30-28-26-24-22-20-18-16-14-12-10-8-6-4-2/h56H,3-55,58H2,1-2H3,(H,60,61). The summed E-state index contributed by atoms with van der Waals surface area (Å²) in [6.45, 7) is 5.03. The van der Waals surface area contributed by atoms with Crippen LogP contribution in [-0.4, -0.2) is 49.9 Å². The lowest BCUT2D eigenvalue weighted by Gasteiger charge is -2.20. The van der Waals surface area contributed by atoms with Crippen LogP contribution in [0.15, 0.2) is 0 Å². The molecule has 396 valence electrons. The molecule has 66 heavy (non-hydrogen) atoms. The monoisotopic (exact) mass is 958 g/mol. The number of nitrogens with two attached hydrogens (primary N) is 1. The Morgan fingerprint density at radius 3 is 0.955 bits per heavy atom. The number of unbranched alkanes of at least 4 members (excludes halogenated alkanes) is 45. The summed E-state index contributed by atoms with van der Waals surface area (Å²) in [6, 6.07) is 0. The molecule has 9 heteroatoms. The van der Waals surface area contributed by atoms with Crippen LogP contribution in [0.1, 0.15) is 322 Å².